The molecule has 1 saturated heterocycles. The second-order valence-corrected chi connectivity index (χ2v) is 7.08. The van der Waals surface area contributed by atoms with Crippen molar-refractivity contribution >= 4 is 5.97 Å². The highest BCUT2D eigenvalue weighted by atomic mass is 19.2. The summed E-state index contributed by atoms with van der Waals surface area (Å²) in [5.74, 6) is -9.44. The van der Waals surface area contributed by atoms with Crippen LogP contribution in [-0.4, -0.2) is 25.3 Å². The van der Waals surface area contributed by atoms with Gasteiger partial charge in [0.25, 0.3) is 0 Å². The van der Waals surface area contributed by atoms with E-state index >= 15 is 0 Å². The van der Waals surface area contributed by atoms with Crippen LogP contribution in [0, 0.1) is 23.3 Å². The molecule has 8 heteroatoms. The molecule has 4 nitrogen and oxygen atoms in total. The van der Waals surface area contributed by atoms with E-state index in [4.69, 9.17) is 9.47 Å². The molecule has 2 aromatic carbocycles. The summed E-state index contributed by atoms with van der Waals surface area (Å²) >= 11 is 0. The van der Waals surface area contributed by atoms with Crippen molar-refractivity contribution in [3.05, 3.63) is 64.7 Å². The van der Waals surface area contributed by atoms with Crippen molar-refractivity contribution in [3.63, 3.8) is 0 Å². The first-order chi connectivity index (χ1) is 14.4. The molecule has 2 atom stereocenters. The molecule has 0 N–H and O–H groups in total. The van der Waals surface area contributed by atoms with Crippen molar-refractivity contribution in [3.8, 4) is 5.75 Å². The van der Waals surface area contributed by atoms with Crippen LogP contribution in [-0.2, 0) is 9.47 Å². The number of hydrogen-bond donors (Lipinski definition) is 0. The highest BCUT2D eigenvalue weighted by Gasteiger charge is 2.25. The quantitative estimate of drug-likeness (QED) is 0.193. The Morgan fingerprint density at radius 3 is 2.23 bits per heavy atom. The predicted octanol–water partition coefficient (Wildman–Crippen LogP) is 5.50. The third-order valence-corrected chi connectivity index (χ3v) is 4.88. The zero-order valence-electron chi connectivity index (χ0n) is 16.4. The van der Waals surface area contributed by atoms with Gasteiger partial charge < -0.3 is 14.2 Å². The van der Waals surface area contributed by atoms with Crippen LogP contribution < -0.4 is 4.74 Å². The zero-order chi connectivity index (χ0) is 21.7. The molecule has 0 saturated carbocycles. The third-order valence-electron chi connectivity index (χ3n) is 4.88. The lowest BCUT2D eigenvalue weighted by Gasteiger charge is -2.30. The van der Waals surface area contributed by atoms with E-state index in [1.807, 2.05) is 0 Å². The number of hydrogen-bond acceptors (Lipinski definition) is 4. The maximum absolute atomic E-state index is 13.7. The molecule has 0 aliphatic carbocycles. The largest absolute Gasteiger partial charge is 0.416 e. The second kappa shape index (κ2) is 10.0. The number of halogens is 4. The van der Waals surface area contributed by atoms with Crippen molar-refractivity contribution in [2.45, 2.75) is 44.8 Å². The number of carbonyl (C=O) groups excluding carboxylic acids is 1. The highest BCUT2D eigenvalue weighted by Crippen LogP contribution is 2.28. The Kier molecular flexibility index (Phi) is 7.44. The van der Waals surface area contributed by atoms with Crippen molar-refractivity contribution in [2.24, 2.45) is 0 Å². The Labute approximate surface area is 171 Å². The number of ether oxygens (including phenoxy) is 3. The topological polar surface area (TPSA) is 44.8 Å². The summed E-state index contributed by atoms with van der Waals surface area (Å²) in [6.07, 6.45) is 4.08. The average Bonchev–Trinajstić information content (AvgIpc) is 2.76. The molecule has 1 heterocycles. The van der Waals surface area contributed by atoms with Gasteiger partial charge in [0.15, 0.2) is 11.6 Å². The van der Waals surface area contributed by atoms with Gasteiger partial charge in [0, 0.05) is 6.07 Å². The van der Waals surface area contributed by atoms with E-state index in [1.54, 1.807) is 12.1 Å². The number of carbonyl (C=O) groups is 1. The van der Waals surface area contributed by atoms with Gasteiger partial charge in [-0.2, -0.15) is 8.78 Å². The van der Waals surface area contributed by atoms with Crippen LogP contribution in [0.1, 0.15) is 54.6 Å². The van der Waals surface area contributed by atoms with Crippen LogP contribution in [0.15, 0.2) is 30.3 Å². The number of esters is 1. The van der Waals surface area contributed by atoms with Crippen molar-refractivity contribution < 1.29 is 36.6 Å². The van der Waals surface area contributed by atoms with Crippen LogP contribution in [0.2, 0.25) is 0 Å². The van der Waals surface area contributed by atoms with E-state index in [2.05, 4.69) is 11.7 Å². The number of rotatable bonds is 7. The second-order valence-electron chi connectivity index (χ2n) is 7.08. The van der Waals surface area contributed by atoms with Gasteiger partial charge in [0.1, 0.15) is 6.10 Å². The Hall–Kier alpha value is -2.45. The Bertz CT molecular complexity index is 851. The lowest BCUT2D eigenvalue weighted by molar-refractivity contribution is -0.137. The monoisotopic (exact) mass is 426 g/mol. The maximum Gasteiger partial charge on any atom is 0.343 e. The Morgan fingerprint density at radius 2 is 1.67 bits per heavy atom. The zero-order valence-corrected chi connectivity index (χ0v) is 16.4. The van der Waals surface area contributed by atoms with Gasteiger partial charge in [-0.25, -0.2) is 13.6 Å². The minimum Gasteiger partial charge on any atom is -0.416 e. The van der Waals surface area contributed by atoms with E-state index in [-0.39, 0.29) is 23.8 Å². The lowest BCUT2D eigenvalue weighted by Crippen LogP contribution is -2.31. The molecule has 0 bridgehead atoms. The fourth-order valence-corrected chi connectivity index (χ4v) is 3.15. The Morgan fingerprint density at radius 1 is 1.00 bits per heavy atom. The van der Waals surface area contributed by atoms with E-state index in [1.165, 1.54) is 12.1 Å². The highest BCUT2D eigenvalue weighted by molar-refractivity contribution is 5.91. The SMILES string of the molecule is CCCCC[C@@H]1CO[C@@H](c2ccc(C(=O)Oc3c(F)c(F)cc(F)c3F)cc2)CO1. The minimum atomic E-state index is -1.78. The van der Waals surface area contributed by atoms with E-state index < -0.39 is 35.0 Å². The first-order valence-corrected chi connectivity index (χ1v) is 9.79. The maximum atomic E-state index is 13.7. The molecule has 0 aromatic heterocycles. The molecule has 1 aliphatic rings. The van der Waals surface area contributed by atoms with Crippen molar-refractivity contribution in [2.75, 3.05) is 13.2 Å². The van der Waals surface area contributed by atoms with Crippen LogP contribution in [0.3, 0.4) is 0 Å². The van der Waals surface area contributed by atoms with E-state index in [0.717, 1.165) is 31.2 Å². The smallest absolute Gasteiger partial charge is 0.343 e. The van der Waals surface area contributed by atoms with Crippen molar-refractivity contribution in [1.82, 2.24) is 0 Å². The summed E-state index contributed by atoms with van der Waals surface area (Å²) in [5, 5.41) is 0. The van der Waals surface area contributed by atoms with Gasteiger partial charge in [-0.1, -0.05) is 38.3 Å². The molecular weight excluding hydrogens is 404 g/mol. The Balaban J connectivity index is 1.61. The van der Waals surface area contributed by atoms with E-state index in [9.17, 15) is 22.4 Å². The molecule has 0 spiro atoms. The first kappa shape index (κ1) is 22.2. The molecule has 162 valence electrons. The number of unbranched alkanes of at least 4 members (excludes halogenated alkanes) is 2. The molecule has 30 heavy (non-hydrogen) atoms. The van der Waals surface area contributed by atoms with Crippen LogP contribution >= 0.6 is 0 Å². The van der Waals surface area contributed by atoms with Gasteiger partial charge >= 0.3 is 5.97 Å². The summed E-state index contributed by atoms with van der Waals surface area (Å²) < 4.78 is 70.0. The third kappa shape index (κ3) is 5.17. The summed E-state index contributed by atoms with van der Waals surface area (Å²) in [6.45, 7) is 2.98. The van der Waals surface area contributed by atoms with Gasteiger partial charge in [-0.05, 0) is 24.1 Å². The molecule has 0 amide bonds. The summed E-state index contributed by atoms with van der Waals surface area (Å²) in [6, 6.07) is 5.98. The van der Waals surface area contributed by atoms with Gasteiger partial charge in [-0.3, -0.25) is 0 Å². The normalized spacial score (nSPS) is 19.0. The standard InChI is InChI=1S/C22H22F4O4/c1-2-3-4-5-15-11-29-18(12-28-15)13-6-8-14(9-7-13)22(27)30-21-19(25)16(23)10-17(24)20(21)26/h6-10,15,18H,2-5,11-12H2,1H3/t15-,18-/m1/s1. The van der Waals surface area contributed by atoms with E-state index in [0.29, 0.717) is 13.2 Å². The first-order valence-electron chi connectivity index (χ1n) is 9.79. The van der Waals surface area contributed by atoms with Gasteiger partial charge in [0.05, 0.1) is 24.9 Å². The van der Waals surface area contributed by atoms with Gasteiger partial charge in [0.2, 0.25) is 17.4 Å². The molecule has 0 unspecified atom stereocenters. The molecule has 2 aromatic rings. The molecule has 0 radical (unpaired) electrons. The average molecular weight is 426 g/mol. The summed E-state index contributed by atoms with van der Waals surface area (Å²) in [5.41, 5.74) is 0.712. The van der Waals surface area contributed by atoms with Crippen LogP contribution in [0.5, 0.6) is 5.75 Å². The lowest BCUT2D eigenvalue weighted by atomic mass is 10.1. The van der Waals surface area contributed by atoms with Gasteiger partial charge in [-0.15, -0.1) is 0 Å². The van der Waals surface area contributed by atoms with Crippen LogP contribution in [0.4, 0.5) is 17.6 Å². The minimum absolute atomic E-state index is 0.0391. The fourth-order valence-electron chi connectivity index (χ4n) is 3.15. The van der Waals surface area contributed by atoms with Crippen LogP contribution in [0.25, 0.3) is 0 Å². The molecular formula is C22H22F4O4. The molecule has 1 fully saturated rings. The fraction of sp³-hybridized carbons (Fsp3) is 0.409. The predicted molar refractivity (Wildman–Crippen MR) is 100 cm³/mol. The molecule has 3 rings (SSSR count). The summed E-state index contributed by atoms with van der Waals surface area (Å²) in [7, 11) is 0. The number of benzene rings is 2. The summed E-state index contributed by atoms with van der Waals surface area (Å²) in [4.78, 5) is 12.1. The van der Waals surface area contributed by atoms with Crippen molar-refractivity contribution in [1.29, 1.82) is 0 Å². The molecule has 1 aliphatic heterocycles.